The molecule has 1 aromatic carbocycles. The molecule has 2 atom stereocenters. The third-order valence-electron chi connectivity index (χ3n) is 4.98. The largest absolute Gasteiger partial charge is 0.389 e. The van der Waals surface area contributed by atoms with Crippen LogP contribution in [0.3, 0.4) is 0 Å². The molecule has 4 heteroatoms. The van der Waals surface area contributed by atoms with Crippen molar-refractivity contribution in [2.75, 3.05) is 18.1 Å². The van der Waals surface area contributed by atoms with Gasteiger partial charge in [0.1, 0.15) is 5.82 Å². The summed E-state index contributed by atoms with van der Waals surface area (Å²) in [7, 11) is 0. The van der Waals surface area contributed by atoms with E-state index in [1.165, 1.54) is 0 Å². The van der Waals surface area contributed by atoms with E-state index in [4.69, 9.17) is 0 Å². The van der Waals surface area contributed by atoms with Crippen LogP contribution in [0.2, 0.25) is 0 Å². The topological polar surface area (TPSA) is 32.3 Å². The van der Waals surface area contributed by atoms with Gasteiger partial charge in [0.05, 0.1) is 5.60 Å². The van der Waals surface area contributed by atoms with Crippen molar-refractivity contribution in [2.24, 2.45) is 5.92 Å². The SMILES string of the molecule is CC1CCc2c(F)cccc2C1NCC1(O)CCSCC1. The summed E-state index contributed by atoms with van der Waals surface area (Å²) in [5.74, 6) is 2.45. The van der Waals surface area contributed by atoms with Crippen molar-refractivity contribution in [2.45, 2.75) is 44.2 Å². The predicted octanol–water partition coefficient (Wildman–Crippen LogP) is 3.30. The Kier molecular flexibility index (Phi) is 4.57. The molecule has 1 aliphatic heterocycles. The van der Waals surface area contributed by atoms with Crippen LogP contribution < -0.4 is 5.32 Å². The van der Waals surface area contributed by atoms with Crippen LogP contribution >= 0.6 is 11.8 Å². The van der Waals surface area contributed by atoms with Gasteiger partial charge in [0.15, 0.2) is 0 Å². The Morgan fingerprint density at radius 2 is 2.14 bits per heavy atom. The quantitative estimate of drug-likeness (QED) is 0.898. The monoisotopic (exact) mass is 309 g/mol. The molecule has 1 saturated heterocycles. The lowest BCUT2D eigenvalue weighted by molar-refractivity contribution is 0.0272. The summed E-state index contributed by atoms with van der Waals surface area (Å²) in [6.45, 7) is 2.82. The third kappa shape index (κ3) is 3.27. The van der Waals surface area contributed by atoms with Gasteiger partial charge in [-0.15, -0.1) is 0 Å². The van der Waals surface area contributed by atoms with Crippen LogP contribution in [0, 0.1) is 11.7 Å². The molecular weight excluding hydrogens is 285 g/mol. The predicted molar refractivity (Wildman–Crippen MR) is 86.1 cm³/mol. The van der Waals surface area contributed by atoms with Crippen molar-refractivity contribution in [3.05, 3.63) is 35.1 Å². The van der Waals surface area contributed by atoms with Crippen molar-refractivity contribution < 1.29 is 9.50 Å². The van der Waals surface area contributed by atoms with E-state index in [2.05, 4.69) is 12.2 Å². The number of aliphatic hydroxyl groups is 1. The van der Waals surface area contributed by atoms with E-state index in [0.29, 0.717) is 12.5 Å². The van der Waals surface area contributed by atoms with E-state index in [1.54, 1.807) is 12.1 Å². The molecule has 1 aliphatic carbocycles. The number of thioether (sulfide) groups is 1. The molecule has 2 N–H and O–H groups in total. The molecule has 2 aliphatic rings. The van der Waals surface area contributed by atoms with Crippen LogP contribution in [0.4, 0.5) is 4.39 Å². The average Bonchev–Trinajstić information content (AvgIpc) is 2.47. The zero-order chi connectivity index (χ0) is 14.9. The lowest BCUT2D eigenvalue weighted by Crippen LogP contribution is -2.46. The maximum absolute atomic E-state index is 14.0. The van der Waals surface area contributed by atoms with E-state index in [1.807, 2.05) is 17.8 Å². The fraction of sp³-hybridized carbons (Fsp3) is 0.647. The number of hydrogen-bond acceptors (Lipinski definition) is 3. The van der Waals surface area contributed by atoms with Gasteiger partial charge in [-0.05, 0) is 60.3 Å². The molecule has 0 saturated carbocycles. The van der Waals surface area contributed by atoms with Gasteiger partial charge >= 0.3 is 0 Å². The number of halogens is 1. The molecule has 21 heavy (non-hydrogen) atoms. The second-order valence-electron chi connectivity index (χ2n) is 6.52. The summed E-state index contributed by atoms with van der Waals surface area (Å²) in [4.78, 5) is 0. The van der Waals surface area contributed by atoms with Gasteiger partial charge in [-0.1, -0.05) is 19.1 Å². The van der Waals surface area contributed by atoms with Gasteiger partial charge in [-0.25, -0.2) is 4.39 Å². The molecule has 0 radical (unpaired) electrons. The Bertz CT molecular complexity index is 502. The first-order chi connectivity index (χ1) is 10.1. The summed E-state index contributed by atoms with van der Waals surface area (Å²) < 4.78 is 14.0. The van der Waals surface area contributed by atoms with E-state index >= 15 is 0 Å². The summed E-state index contributed by atoms with van der Waals surface area (Å²) in [5.41, 5.74) is 1.36. The summed E-state index contributed by atoms with van der Waals surface area (Å²) in [6, 6.07) is 5.54. The normalized spacial score (nSPS) is 28.1. The molecular formula is C17H24FNOS. The summed E-state index contributed by atoms with van der Waals surface area (Å²) in [5, 5.41) is 14.2. The highest BCUT2D eigenvalue weighted by Crippen LogP contribution is 2.36. The van der Waals surface area contributed by atoms with Crippen LogP contribution in [0.15, 0.2) is 18.2 Å². The van der Waals surface area contributed by atoms with Crippen LogP contribution in [0.25, 0.3) is 0 Å². The molecule has 1 fully saturated rings. The maximum Gasteiger partial charge on any atom is 0.126 e. The number of hydrogen-bond donors (Lipinski definition) is 2. The Hall–Kier alpha value is -0.580. The second-order valence-corrected chi connectivity index (χ2v) is 7.74. The van der Waals surface area contributed by atoms with Crippen molar-refractivity contribution in [3.8, 4) is 0 Å². The average molecular weight is 309 g/mol. The van der Waals surface area contributed by atoms with E-state index in [9.17, 15) is 9.50 Å². The molecule has 1 heterocycles. The second kappa shape index (κ2) is 6.27. The first-order valence-electron chi connectivity index (χ1n) is 7.90. The van der Waals surface area contributed by atoms with E-state index in [-0.39, 0.29) is 11.9 Å². The highest BCUT2D eigenvalue weighted by molar-refractivity contribution is 7.99. The molecule has 0 aromatic heterocycles. The van der Waals surface area contributed by atoms with Crippen LogP contribution in [-0.4, -0.2) is 28.8 Å². The van der Waals surface area contributed by atoms with Crippen molar-refractivity contribution in [1.82, 2.24) is 5.32 Å². The van der Waals surface area contributed by atoms with Crippen LogP contribution in [0.1, 0.15) is 43.4 Å². The lowest BCUT2D eigenvalue weighted by Gasteiger charge is -2.37. The van der Waals surface area contributed by atoms with E-state index < -0.39 is 5.60 Å². The maximum atomic E-state index is 14.0. The highest BCUT2D eigenvalue weighted by atomic mass is 32.2. The zero-order valence-corrected chi connectivity index (χ0v) is 13.4. The number of fused-ring (bicyclic) bond motifs is 1. The van der Waals surface area contributed by atoms with Gasteiger partial charge in [-0.2, -0.15) is 11.8 Å². The molecule has 2 nitrogen and oxygen atoms in total. The molecule has 1 aromatic rings. The minimum atomic E-state index is -0.587. The van der Waals surface area contributed by atoms with Gasteiger partial charge in [-0.3, -0.25) is 0 Å². The standard InChI is InChI=1S/C17H24FNOS/c1-12-5-6-13-14(3-2-4-15(13)18)16(12)19-11-17(20)7-9-21-10-8-17/h2-4,12,16,19-20H,5-11H2,1H3. The smallest absolute Gasteiger partial charge is 0.126 e. The number of rotatable bonds is 3. The van der Waals surface area contributed by atoms with Crippen molar-refractivity contribution in [1.29, 1.82) is 0 Å². The molecule has 2 unspecified atom stereocenters. The molecule has 116 valence electrons. The third-order valence-corrected chi connectivity index (χ3v) is 5.97. The first kappa shape index (κ1) is 15.3. The Morgan fingerprint density at radius 3 is 2.90 bits per heavy atom. The van der Waals surface area contributed by atoms with E-state index in [0.717, 1.165) is 48.3 Å². The minimum absolute atomic E-state index is 0.0843. The van der Waals surface area contributed by atoms with Gasteiger partial charge < -0.3 is 10.4 Å². The fourth-order valence-corrected chi connectivity index (χ4v) is 4.77. The molecule has 3 rings (SSSR count). The van der Waals surface area contributed by atoms with Gasteiger partial charge in [0, 0.05) is 12.6 Å². The highest BCUT2D eigenvalue weighted by Gasteiger charge is 2.33. The van der Waals surface area contributed by atoms with Gasteiger partial charge in [0.25, 0.3) is 0 Å². The Labute approximate surface area is 130 Å². The zero-order valence-electron chi connectivity index (χ0n) is 12.6. The minimum Gasteiger partial charge on any atom is -0.389 e. The van der Waals surface area contributed by atoms with Crippen LogP contribution in [-0.2, 0) is 6.42 Å². The fourth-order valence-electron chi connectivity index (χ4n) is 3.51. The van der Waals surface area contributed by atoms with Crippen LogP contribution in [0.5, 0.6) is 0 Å². The summed E-state index contributed by atoms with van der Waals surface area (Å²) in [6.07, 6.45) is 3.52. The lowest BCUT2D eigenvalue weighted by atomic mass is 9.80. The molecule has 0 bridgehead atoms. The summed E-state index contributed by atoms with van der Waals surface area (Å²) >= 11 is 1.91. The number of nitrogens with one attached hydrogen (secondary N) is 1. The first-order valence-corrected chi connectivity index (χ1v) is 9.05. The Balaban J connectivity index is 1.74. The van der Waals surface area contributed by atoms with Crippen molar-refractivity contribution >= 4 is 11.8 Å². The van der Waals surface area contributed by atoms with Crippen molar-refractivity contribution in [3.63, 3.8) is 0 Å². The Morgan fingerprint density at radius 1 is 1.38 bits per heavy atom. The molecule has 0 amide bonds. The molecule has 0 spiro atoms. The number of benzene rings is 1. The van der Waals surface area contributed by atoms with Gasteiger partial charge in [0.2, 0.25) is 0 Å².